The monoisotopic (exact) mass is 529 g/mol. The van der Waals surface area contributed by atoms with E-state index in [9.17, 15) is 41.1 Å². The normalized spacial score (nSPS) is 21.1. The molecule has 2 aliphatic rings. The fraction of sp³-hybridized carbons (Fsp3) is 0.474. The lowest BCUT2D eigenvalue weighted by atomic mass is 10.0. The summed E-state index contributed by atoms with van der Waals surface area (Å²) >= 11 is 0. The molecule has 17 heteroatoms. The van der Waals surface area contributed by atoms with Crippen LogP contribution in [0.15, 0.2) is 29.0 Å². The topological polar surface area (TPSA) is 133 Å². The van der Waals surface area contributed by atoms with Crippen LogP contribution in [0.1, 0.15) is 25.3 Å². The van der Waals surface area contributed by atoms with Crippen molar-refractivity contribution in [2.24, 2.45) is 5.28 Å². The van der Waals surface area contributed by atoms with Crippen LogP contribution < -0.4 is 9.47 Å². The van der Waals surface area contributed by atoms with Gasteiger partial charge in [0.1, 0.15) is 11.5 Å². The molecule has 2 heterocycles. The highest BCUT2D eigenvalue weighted by Crippen LogP contribution is 2.39. The molecule has 0 aromatic heterocycles. The van der Waals surface area contributed by atoms with Crippen LogP contribution in [0.25, 0.3) is 6.08 Å². The number of aliphatic carboxylic acids is 1. The molecule has 1 aromatic rings. The van der Waals surface area contributed by atoms with Crippen molar-refractivity contribution in [3.8, 4) is 11.5 Å². The zero-order valence-electron chi connectivity index (χ0n) is 18.1. The maximum Gasteiger partial charge on any atom is 0.573 e. The number of carboxylic acids is 1. The van der Waals surface area contributed by atoms with Gasteiger partial charge >= 0.3 is 24.5 Å². The third-order valence-corrected chi connectivity index (χ3v) is 4.85. The number of benzene rings is 1. The average molecular weight is 529 g/mol. The van der Waals surface area contributed by atoms with Crippen LogP contribution in [0.3, 0.4) is 0 Å². The first kappa shape index (κ1) is 26.7. The minimum absolute atomic E-state index is 0.0401. The van der Waals surface area contributed by atoms with Crippen molar-refractivity contribution in [2.75, 3.05) is 6.54 Å². The molecule has 1 aromatic carbocycles. The molecule has 1 unspecified atom stereocenters. The van der Waals surface area contributed by atoms with Crippen LogP contribution in [0.5, 0.6) is 11.5 Å². The molecule has 1 fully saturated rings. The Kier molecular flexibility index (Phi) is 7.40. The van der Waals surface area contributed by atoms with E-state index in [1.165, 1.54) is 0 Å². The summed E-state index contributed by atoms with van der Waals surface area (Å²) in [4.78, 5) is 28.0. The molecule has 3 atom stereocenters. The molecule has 1 saturated heterocycles. The number of halogens is 6. The number of esters is 1. The second-order valence-corrected chi connectivity index (χ2v) is 7.46. The Morgan fingerprint density at radius 2 is 1.97 bits per heavy atom. The van der Waals surface area contributed by atoms with Gasteiger partial charge in [-0.05, 0) is 37.1 Å². The zero-order chi connectivity index (χ0) is 26.8. The maximum atomic E-state index is 13.5. The Bertz CT molecular complexity index is 1070. The predicted molar refractivity (Wildman–Crippen MR) is 102 cm³/mol. The van der Waals surface area contributed by atoms with Crippen molar-refractivity contribution < 1.29 is 65.1 Å². The van der Waals surface area contributed by atoms with Gasteiger partial charge in [0, 0.05) is 12.5 Å². The average Bonchev–Trinajstić information content (AvgIpc) is 3.25. The predicted octanol–water partition coefficient (Wildman–Crippen LogP) is 3.54. The number of carboxylic acid groups (broad SMARTS) is 1. The van der Waals surface area contributed by atoms with E-state index in [-0.39, 0.29) is 23.5 Å². The van der Waals surface area contributed by atoms with Crippen LogP contribution in [0, 0.1) is 5.21 Å². The summed E-state index contributed by atoms with van der Waals surface area (Å²) in [5, 5.41) is 24.9. The number of nitrogens with zero attached hydrogens (tertiary/aromatic N) is 3. The van der Waals surface area contributed by atoms with Crippen molar-refractivity contribution in [1.29, 1.82) is 0 Å². The smallest absolute Gasteiger partial charge is 0.569 e. The summed E-state index contributed by atoms with van der Waals surface area (Å²) in [7, 11) is 0. The number of hydrogen-bond acceptors (Lipinski definition) is 8. The number of hydrazine groups is 1. The fourth-order valence-electron chi connectivity index (χ4n) is 3.39. The Morgan fingerprint density at radius 1 is 1.28 bits per heavy atom. The largest absolute Gasteiger partial charge is 0.573 e. The number of hydrogen-bond donors (Lipinski definition) is 1. The van der Waals surface area contributed by atoms with Crippen LogP contribution in [0.4, 0.5) is 26.3 Å². The summed E-state index contributed by atoms with van der Waals surface area (Å²) < 4.78 is 91.1. The van der Waals surface area contributed by atoms with E-state index >= 15 is 0 Å². The van der Waals surface area contributed by atoms with Crippen LogP contribution in [-0.2, 0) is 19.2 Å². The summed E-state index contributed by atoms with van der Waals surface area (Å²) in [6, 6.07) is 1.08. The lowest BCUT2D eigenvalue weighted by Gasteiger charge is -2.28. The minimum atomic E-state index is -5.12. The summed E-state index contributed by atoms with van der Waals surface area (Å²) in [6.45, 7) is 1.04. The quantitative estimate of drug-likeness (QED) is 0.141. The molecule has 0 saturated carbocycles. The first-order valence-electron chi connectivity index (χ1n) is 10.0. The molecule has 198 valence electrons. The second-order valence-electron chi connectivity index (χ2n) is 7.46. The van der Waals surface area contributed by atoms with Crippen LogP contribution in [-0.4, -0.2) is 64.5 Å². The summed E-state index contributed by atoms with van der Waals surface area (Å²) in [5.41, 5.74) is -1.46. The lowest BCUT2D eigenvalue weighted by molar-refractivity contribution is -0.714. The number of carbonyl (C=O) groups is 2. The molecule has 3 rings (SSSR count). The number of fused-ring (bicyclic) bond motifs is 1. The van der Waals surface area contributed by atoms with Gasteiger partial charge in [-0.15, -0.1) is 18.2 Å². The third kappa shape index (κ3) is 6.39. The molecule has 0 spiro atoms. The molecular formula is C19H17F6N3O8. The van der Waals surface area contributed by atoms with E-state index in [1.807, 2.05) is 0 Å². The first-order chi connectivity index (χ1) is 16.7. The maximum absolute atomic E-state index is 13.5. The van der Waals surface area contributed by atoms with Gasteiger partial charge in [-0.1, -0.05) is 0 Å². The van der Waals surface area contributed by atoms with Gasteiger partial charge in [-0.2, -0.15) is 13.2 Å². The van der Waals surface area contributed by atoms with Crippen LogP contribution in [0.2, 0.25) is 0 Å². The molecule has 0 radical (unpaired) electrons. The van der Waals surface area contributed by atoms with Crippen molar-refractivity contribution >= 4 is 18.0 Å². The number of alkyl halides is 6. The molecule has 1 N–H and O–H groups in total. The highest BCUT2D eigenvalue weighted by atomic mass is 19.4. The van der Waals surface area contributed by atoms with Crippen molar-refractivity contribution in [2.45, 2.75) is 50.7 Å². The number of ether oxygens (including phenoxy) is 3. The van der Waals surface area contributed by atoms with Gasteiger partial charge in [0.05, 0.1) is 17.1 Å². The van der Waals surface area contributed by atoms with Crippen LogP contribution >= 0.6 is 0 Å². The Morgan fingerprint density at radius 3 is 2.58 bits per heavy atom. The zero-order valence-corrected chi connectivity index (χ0v) is 18.1. The van der Waals surface area contributed by atoms with E-state index in [0.717, 1.165) is 24.1 Å². The molecule has 0 aliphatic carbocycles. The Labute approximate surface area is 197 Å². The van der Waals surface area contributed by atoms with Gasteiger partial charge in [-0.25, -0.2) is 9.59 Å². The fourth-order valence-corrected chi connectivity index (χ4v) is 3.39. The Hall–Kier alpha value is -3.92. The van der Waals surface area contributed by atoms with E-state index in [4.69, 9.17) is 14.6 Å². The molecule has 11 nitrogen and oxygen atoms in total. The van der Waals surface area contributed by atoms with Gasteiger partial charge in [0.2, 0.25) is 11.4 Å². The highest BCUT2D eigenvalue weighted by molar-refractivity contribution is 5.96. The van der Waals surface area contributed by atoms with E-state index < -0.39 is 60.0 Å². The number of carbonyl (C=O) groups excluding carboxylic acids is 1. The first-order valence-corrected chi connectivity index (χ1v) is 10.0. The van der Waals surface area contributed by atoms with Crippen molar-refractivity contribution in [1.82, 2.24) is 5.01 Å². The molecular weight excluding hydrogens is 512 g/mol. The van der Waals surface area contributed by atoms with E-state index in [2.05, 4.69) is 14.9 Å². The molecule has 2 aliphatic heterocycles. The van der Waals surface area contributed by atoms with Gasteiger partial charge < -0.3 is 24.5 Å². The standard InChI is InChI=1S/C19H17F6N3O8/c1-9(36-26-28(32)27-6-2-3-13(27)16(29)30)33-17(31)12-8-10-7-11(35-19(23,24)25)4-5-14(10)34-15(12)18(20,21)22/h4-5,7-9,13,15H,2-3,6H2,1H3,(H,29,30)/b28-26-/t9?,13-,15-/m0/s1. The van der Waals surface area contributed by atoms with Gasteiger partial charge in [0.25, 0.3) is 6.29 Å². The minimum Gasteiger partial charge on any atom is -0.569 e. The van der Waals surface area contributed by atoms with Crippen molar-refractivity contribution in [3.63, 3.8) is 0 Å². The highest BCUT2D eigenvalue weighted by Gasteiger charge is 2.49. The molecule has 0 bridgehead atoms. The summed E-state index contributed by atoms with van der Waals surface area (Å²) in [6.07, 6.45) is -13.6. The third-order valence-electron chi connectivity index (χ3n) is 4.85. The number of rotatable bonds is 7. The summed E-state index contributed by atoms with van der Waals surface area (Å²) in [5.74, 6) is -4.15. The van der Waals surface area contributed by atoms with E-state index in [1.54, 1.807) is 0 Å². The lowest BCUT2D eigenvalue weighted by Crippen LogP contribution is -2.41. The van der Waals surface area contributed by atoms with Crippen molar-refractivity contribution in [3.05, 3.63) is 34.5 Å². The van der Waals surface area contributed by atoms with Gasteiger partial charge in [0.15, 0.2) is 6.04 Å². The molecule has 0 amide bonds. The van der Waals surface area contributed by atoms with E-state index in [0.29, 0.717) is 18.6 Å². The van der Waals surface area contributed by atoms with Gasteiger partial charge in [-0.3, -0.25) is 4.84 Å². The SMILES string of the molecule is CC(O/N=[N+](\[O-])N1CCC[C@H]1C(=O)O)OC(=O)C1=Cc2cc(OC(F)(F)F)ccc2O[C@@H]1C(F)(F)F. The molecule has 36 heavy (non-hydrogen) atoms. The second kappa shape index (κ2) is 9.98. The Balaban J connectivity index is 1.76.